The van der Waals surface area contributed by atoms with E-state index in [9.17, 15) is 0 Å². The van der Waals surface area contributed by atoms with E-state index in [0.29, 0.717) is 11.6 Å². The van der Waals surface area contributed by atoms with Crippen LogP contribution < -0.4 is 0 Å². The molecule has 8 aromatic carbocycles. The molecule has 290 valence electrons. The summed E-state index contributed by atoms with van der Waals surface area (Å²) in [6.45, 7) is 0. The highest BCUT2D eigenvalue weighted by Gasteiger charge is 2.20. The topological polar surface area (TPSA) is 51.6 Å². The van der Waals surface area contributed by atoms with Gasteiger partial charge in [0, 0.05) is 47.8 Å². The van der Waals surface area contributed by atoms with E-state index >= 15 is 0 Å². The lowest BCUT2D eigenvalue weighted by molar-refractivity contribution is 1.22. The number of thiophene rings is 2. The zero-order valence-electron chi connectivity index (χ0n) is 33.2. The van der Waals surface area contributed by atoms with Gasteiger partial charge in [-0.25, -0.2) is 19.9 Å². The van der Waals surface area contributed by atoms with Crippen LogP contribution in [-0.4, -0.2) is 19.9 Å². The minimum absolute atomic E-state index is 0.663. The highest BCUT2D eigenvalue weighted by atomic mass is 32.1. The van der Waals surface area contributed by atoms with Crippen LogP contribution in [0.4, 0.5) is 0 Å². The van der Waals surface area contributed by atoms with Crippen molar-refractivity contribution in [1.82, 2.24) is 19.9 Å². The molecule has 0 aliphatic carbocycles. The molecule has 0 unspecified atom stereocenters. The minimum Gasteiger partial charge on any atom is -0.227 e. The molecule has 4 heterocycles. The molecule has 0 aliphatic heterocycles. The molecule has 0 saturated heterocycles. The predicted octanol–water partition coefficient (Wildman–Crippen LogP) is 15.7. The Morgan fingerprint density at radius 3 is 1.44 bits per heavy atom. The van der Waals surface area contributed by atoms with Gasteiger partial charge in [0.2, 0.25) is 0 Å². The van der Waals surface area contributed by atoms with Crippen molar-refractivity contribution in [3.05, 3.63) is 206 Å². The van der Waals surface area contributed by atoms with E-state index in [2.05, 4.69) is 200 Å². The third-order valence-electron chi connectivity index (χ3n) is 11.5. The predicted molar refractivity (Wildman–Crippen MR) is 261 cm³/mol. The van der Waals surface area contributed by atoms with E-state index in [1.165, 1.54) is 31.7 Å². The molecule has 0 N–H and O–H groups in total. The zero-order valence-corrected chi connectivity index (χ0v) is 34.9. The second-order valence-corrected chi connectivity index (χ2v) is 17.5. The van der Waals surface area contributed by atoms with Gasteiger partial charge in [-0.15, -0.1) is 22.7 Å². The molecular weight excluding hydrogens is 793 g/mol. The van der Waals surface area contributed by atoms with Crippen molar-refractivity contribution in [3.63, 3.8) is 0 Å². The van der Waals surface area contributed by atoms with Gasteiger partial charge < -0.3 is 0 Å². The molecule has 0 saturated carbocycles. The maximum Gasteiger partial charge on any atom is 0.161 e. The molecule has 4 aromatic heterocycles. The van der Waals surface area contributed by atoms with Gasteiger partial charge in [-0.1, -0.05) is 176 Å². The lowest BCUT2D eigenvalue weighted by atomic mass is 9.96. The second-order valence-electron chi connectivity index (χ2n) is 15.4. The van der Waals surface area contributed by atoms with E-state index < -0.39 is 0 Å². The molecule has 0 fully saturated rings. The average molecular weight is 827 g/mol. The number of fused-ring (bicyclic) bond motifs is 6. The fourth-order valence-electron chi connectivity index (χ4n) is 8.48. The Morgan fingerprint density at radius 2 is 0.742 bits per heavy atom. The smallest absolute Gasteiger partial charge is 0.161 e. The van der Waals surface area contributed by atoms with Crippen LogP contribution >= 0.6 is 22.7 Å². The van der Waals surface area contributed by atoms with Crippen molar-refractivity contribution in [2.45, 2.75) is 0 Å². The van der Waals surface area contributed by atoms with Gasteiger partial charge in [0.15, 0.2) is 11.6 Å². The Hall–Kier alpha value is -7.64. The first-order chi connectivity index (χ1) is 30.7. The van der Waals surface area contributed by atoms with Crippen molar-refractivity contribution in [2.75, 3.05) is 0 Å². The van der Waals surface area contributed by atoms with Crippen LogP contribution in [0.1, 0.15) is 0 Å². The fraction of sp³-hybridized carbons (Fsp3) is 0. The monoisotopic (exact) mass is 826 g/mol. The molecule has 0 aliphatic rings. The number of rotatable bonds is 7. The first kappa shape index (κ1) is 36.2. The molecule has 62 heavy (non-hydrogen) atoms. The molecule has 0 amide bonds. The fourth-order valence-corrected chi connectivity index (χ4v) is 10.7. The van der Waals surface area contributed by atoms with E-state index in [1.807, 2.05) is 6.07 Å². The van der Waals surface area contributed by atoms with Gasteiger partial charge in [-0.3, -0.25) is 0 Å². The Kier molecular flexibility index (Phi) is 8.84. The van der Waals surface area contributed by atoms with E-state index in [4.69, 9.17) is 19.9 Å². The highest BCUT2D eigenvalue weighted by Crippen LogP contribution is 2.42. The largest absolute Gasteiger partial charge is 0.227 e. The third-order valence-corrected chi connectivity index (χ3v) is 13.8. The molecule has 0 atom stereocenters. The van der Waals surface area contributed by atoms with Crippen LogP contribution in [0.25, 0.3) is 119 Å². The van der Waals surface area contributed by atoms with Gasteiger partial charge in [0.25, 0.3) is 0 Å². The van der Waals surface area contributed by atoms with Crippen LogP contribution in [0.3, 0.4) is 0 Å². The summed E-state index contributed by atoms with van der Waals surface area (Å²) < 4.78 is 3.45. The lowest BCUT2D eigenvalue weighted by Gasteiger charge is -2.11. The maximum absolute atomic E-state index is 5.44. The molecule has 0 spiro atoms. The normalized spacial score (nSPS) is 11.5. The highest BCUT2D eigenvalue weighted by molar-refractivity contribution is 7.26. The standard InChI is InChI=1S/C56H34N4S2/c1-3-14-35(15-4-1)37-28-30-38(31-29-37)51-53-52(46-25-8-10-27-48(46)61-53)59-54(58-51)43-22-13-23-44(34-43)55-57-50(49-45-24-7-9-26-47(45)62-56(49)60-55)42-21-12-20-41(33-42)40-19-11-18-39(32-40)36-16-5-2-6-17-36/h1-34H. The summed E-state index contributed by atoms with van der Waals surface area (Å²) in [5.41, 5.74) is 13.7. The summed E-state index contributed by atoms with van der Waals surface area (Å²) in [7, 11) is 0. The van der Waals surface area contributed by atoms with Crippen molar-refractivity contribution in [3.8, 4) is 78.7 Å². The zero-order chi connectivity index (χ0) is 41.0. The van der Waals surface area contributed by atoms with Gasteiger partial charge in [0.05, 0.1) is 21.6 Å². The first-order valence-electron chi connectivity index (χ1n) is 20.6. The van der Waals surface area contributed by atoms with E-state index in [-0.39, 0.29) is 0 Å². The summed E-state index contributed by atoms with van der Waals surface area (Å²) in [5.74, 6) is 1.33. The second kappa shape index (κ2) is 15.1. The van der Waals surface area contributed by atoms with E-state index in [0.717, 1.165) is 76.0 Å². The Labute approximate surface area is 366 Å². The Balaban J connectivity index is 0.991. The minimum atomic E-state index is 0.663. The molecule has 6 heteroatoms. The number of hydrogen-bond donors (Lipinski definition) is 0. The van der Waals surface area contributed by atoms with Crippen molar-refractivity contribution in [2.24, 2.45) is 0 Å². The summed E-state index contributed by atoms with van der Waals surface area (Å²) in [6, 6.07) is 72.7. The van der Waals surface area contributed by atoms with Crippen LogP contribution in [0.5, 0.6) is 0 Å². The molecule has 0 bridgehead atoms. The first-order valence-corrected chi connectivity index (χ1v) is 22.2. The summed E-state index contributed by atoms with van der Waals surface area (Å²) in [6.07, 6.45) is 0. The molecule has 12 aromatic rings. The van der Waals surface area contributed by atoms with Crippen molar-refractivity contribution < 1.29 is 0 Å². The molecule has 12 rings (SSSR count). The maximum atomic E-state index is 5.44. The number of aromatic nitrogens is 4. The quantitative estimate of drug-likeness (QED) is 0.161. The Bertz CT molecular complexity index is 3630. The number of nitrogens with zero attached hydrogens (tertiary/aromatic N) is 4. The Morgan fingerprint density at radius 1 is 0.290 bits per heavy atom. The number of hydrogen-bond acceptors (Lipinski definition) is 6. The summed E-state index contributed by atoms with van der Waals surface area (Å²) in [4.78, 5) is 22.3. The van der Waals surface area contributed by atoms with Crippen molar-refractivity contribution in [1.29, 1.82) is 0 Å². The van der Waals surface area contributed by atoms with Crippen molar-refractivity contribution >= 4 is 63.3 Å². The van der Waals surface area contributed by atoms with E-state index in [1.54, 1.807) is 22.7 Å². The van der Waals surface area contributed by atoms with Crippen LogP contribution in [0.2, 0.25) is 0 Å². The van der Waals surface area contributed by atoms with Crippen LogP contribution in [-0.2, 0) is 0 Å². The lowest BCUT2D eigenvalue weighted by Crippen LogP contribution is -1.96. The average Bonchev–Trinajstić information content (AvgIpc) is 3.93. The summed E-state index contributed by atoms with van der Waals surface area (Å²) in [5, 5.41) is 3.36. The molecule has 0 radical (unpaired) electrons. The van der Waals surface area contributed by atoms with Gasteiger partial charge in [0.1, 0.15) is 4.83 Å². The van der Waals surface area contributed by atoms with Gasteiger partial charge in [-0.2, -0.15) is 0 Å². The SMILES string of the molecule is c1ccc(-c2ccc(-c3nc(-c4cccc(-c5nc(-c6cccc(-c7cccc(-c8ccccc8)c7)c6)c6c(n5)sc5ccccc56)c4)nc4c3sc3ccccc34)cc2)cc1. The summed E-state index contributed by atoms with van der Waals surface area (Å²) >= 11 is 3.45. The number of benzene rings is 8. The molecule has 4 nitrogen and oxygen atoms in total. The molecular formula is C56H34N4S2. The van der Waals surface area contributed by atoms with Gasteiger partial charge in [-0.05, 0) is 63.7 Å². The third kappa shape index (κ3) is 6.45. The van der Waals surface area contributed by atoms with Crippen LogP contribution in [0, 0.1) is 0 Å². The van der Waals surface area contributed by atoms with Gasteiger partial charge >= 0.3 is 0 Å². The van der Waals surface area contributed by atoms with Crippen LogP contribution in [0.15, 0.2) is 206 Å².